The Balaban J connectivity index is 1.95. The molecule has 1 aliphatic rings. The molecule has 0 atom stereocenters. The molecule has 18 heavy (non-hydrogen) atoms. The zero-order valence-electron chi connectivity index (χ0n) is 9.76. The highest BCUT2D eigenvalue weighted by molar-refractivity contribution is 7.89. The van der Waals surface area contributed by atoms with Crippen LogP contribution in [-0.2, 0) is 10.0 Å². The van der Waals surface area contributed by atoms with Gasteiger partial charge < -0.3 is 5.11 Å². The zero-order chi connectivity index (χ0) is 13.2. The van der Waals surface area contributed by atoms with E-state index < -0.39 is 16.0 Å². The Hall–Kier alpha value is -0.920. The summed E-state index contributed by atoms with van der Waals surface area (Å²) in [6.07, 6.45) is 4.34. The molecular formula is C11H15NO4S2. The largest absolute Gasteiger partial charge is 0.477 e. The molecule has 1 fully saturated rings. The fourth-order valence-corrected chi connectivity index (χ4v) is 4.08. The summed E-state index contributed by atoms with van der Waals surface area (Å²) in [6, 6.07) is 1.33. The van der Waals surface area contributed by atoms with Gasteiger partial charge in [0.1, 0.15) is 9.77 Å². The van der Waals surface area contributed by atoms with Crippen LogP contribution in [0.2, 0.25) is 0 Å². The summed E-state index contributed by atoms with van der Waals surface area (Å²) in [4.78, 5) is 10.6. The van der Waals surface area contributed by atoms with E-state index in [1.807, 2.05) is 0 Å². The zero-order valence-corrected chi connectivity index (χ0v) is 11.4. The second kappa shape index (κ2) is 5.38. The number of rotatable bonds is 7. The van der Waals surface area contributed by atoms with E-state index in [0.29, 0.717) is 6.54 Å². The van der Waals surface area contributed by atoms with E-state index in [9.17, 15) is 13.2 Å². The van der Waals surface area contributed by atoms with Crippen LogP contribution >= 0.6 is 11.3 Å². The smallest absolute Gasteiger partial charge is 0.347 e. The van der Waals surface area contributed by atoms with E-state index in [2.05, 4.69) is 4.72 Å². The lowest BCUT2D eigenvalue weighted by Crippen LogP contribution is -2.25. The van der Waals surface area contributed by atoms with Crippen LogP contribution in [0.25, 0.3) is 0 Å². The van der Waals surface area contributed by atoms with Crippen molar-refractivity contribution in [2.45, 2.75) is 30.6 Å². The van der Waals surface area contributed by atoms with Gasteiger partial charge in [0.2, 0.25) is 10.0 Å². The topological polar surface area (TPSA) is 83.5 Å². The average molecular weight is 289 g/mol. The van der Waals surface area contributed by atoms with Crippen LogP contribution in [-0.4, -0.2) is 26.0 Å². The summed E-state index contributed by atoms with van der Waals surface area (Å²) in [5, 5.41) is 10.4. The van der Waals surface area contributed by atoms with Crippen molar-refractivity contribution in [3.05, 3.63) is 16.3 Å². The molecule has 1 aromatic heterocycles. The lowest BCUT2D eigenvalue weighted by atomic mass is 10.2. The normalized spacial score (nSPS) is 15.8. The van der Waals surface area contributed by atoms with Crippen LogP contribution in [0.4, 0.5) is 0 Å². The minimum Gasteiger partial charge on any atom is -0.477 e. The van der Waals surface area contributed by atoms with Crippen molar-refractivity contribution in [2.24, 2.45) is 5.92 Å². The van der Waals surface area contributed by atoms with Crippen LogP contribution in [0.15, 0.2) is 16.3 Å². The van der Waals surface area contributed by atoms with E-state index in [0.717, 1.165) is 30.1 Å². The number of carboxylic acid groups (broad SMARTS) is 1. The predicted molar refractivity (Wildman–Crippen MR) is 68.4 cm³/mol. The number of hydrogen-bond acceptors (Lipinski definition) is 4. The molecule has 0 bridgehead atoms. The molecule has 5 nitrogen and oxygen atoms in total. The number of carboxylic acids is 1. The van der Waals surface area contributed by atoms with Crippen molar-refractivity contribution < 1.29 is 18.3 Å². The minimum atomic E-state index is -3.69. The van der Waals surface area contributed by atoms with Gasteiger partial charge in [-0.2, -0.15) is 0 Å². The number of aromatic carboxylic acids is 1. The molecule has 7 heteroatoms. The first kappa shape index (κ1) is 13.5. The number of carbonyl (C=O) groups is 1. The average Bonchev–Trinajstić information content (AvgIpc) is 2.96. The first-order valence-corrected chi connectivity index (χ1v) is 8.17. The van der Waals surface area contributed by atoms with Crippen LogP contribution in [0.3, 0.4) is 0 Å². The molecule has 100 valence electrons. The third kappa shape index (κ3) is 3.30. The summed E-state index contributed by atoms with van der Waals surface area (Å²) in [5.41, 5.74) is 0. The summed E-state index contributed by atoms with van der Waals surface area (Å²) in [5.74, 6) is -0.436. The highest BCUT2D eigenvalue weighted by Crippen LogP contribution is 2.33. The summed E-state index contributed by atoms with van der Waals surface area (Å²) in [7, 11) is -3.69. The van der Waals surface area contributed by atoms with E-state index in [-0.39, 0.29) is 9.77 Å². The lowest BCUT2D eigenvalue weighted by Gasteiger charge is -2.05. The maximum Gasteiger partial charge on any atom is 0.347 e. The van der Waals surface area contributed by atoms with Gasteiger partial charge in [-0.05, 0) is 30.2 Å². The molecule has 2 rings (SSSR count). The van der Waals surface area contributed by atoms with Gasteiger partial charge in [0.05, 0.1) is 0 Å². The van der Waals surface area contributed by atoms with Crippen LogP contribution in [0, 0.1) is 5.92 Å². The molecule has 1 heterocycles. The molecule has 1 saturated carbocycles. The van der Waals surface area contributed by atoms with E-state index in [4.69, 9.17) is 5.11 Å². The fraction of sp³-hybridized carbons (Fsp3) is 0.545. The fourth-order valence-electron chi connectivity index (χ4n) is 1.75. The molecule has 0 aromatic carbocycles. The van der Waals surface area contributed by atoms with E-state index in [1.54, 1.807) is 0 Å². The minimum absolute atomic E-state index is 0.133. The third-order valence-corrected chi connectivity index (χ3v) is 5.43. The molecule has 2 N–H and O–H groups in total. The third-order valence-electron chi connectivity index (χ3n) is 2.89. The van der Waals surface area contributed by atoms with Crippen molar-refractivity contribution in [1.29, 1.82) is 0 Å². The number of nitrogens with one attached hydrogen (secondary N) is 1. The van der Waals surface area contributed by atoms with Gasteiger partial charge in [-0.25, -0.2) is 17.9 Å². The Bertz CT molecular complexity index is 531. The van der Waals surface area contributed by atoms with Gasteiger partial charge in [0.15, 0.2) is 0 Å². The molecule has 0 saturated heterocycles. The number of hydrogen-bond donors (Lipinski definition) is 2. The molecule has 0 aliphatic heterocycles. The molecule has 0 amide bonds. The highest BCUT2D eigenvalue weighted by Gasteiger charge is 2.24. The van der Waals surface area contributed by atoms with Crippen molar-refractivity contribution in [2.75, 3.05) is 6.54 Å². The maximum atomic E-state index is 11.9. The SMILES string of the molecule is O=C(O)c1sccc1S(=O)(=O)NCCCC1CC1. The first-order chi connectivity index (χ1) is 8.50. The Morgan fingerprint density at radius 1 is 1.50 bits per heavy atom. The predicted octanol–water partition coefficient (Wildman–Crippen LogP) is 1.91. The molecule has 0 radical (unpaired) electrons. The van der Waals surface area contributed by atoms with Crippen molar-refractivity contribution in [3.8, 4) is 0 Å². The Morgan fingerprint density at radius 2 is 2.22 bits per heavy atom. The van der Waals surface area contributed by atoms with Gasteiger partial charge in [-0.1, -0.05) is 12.8 Å². The van der Waals surface area contributed by atoms with Gasteiger partial charge in [0.25, 0.3) is 0 Å². The Morgan fingerprint density at radius 3 is 2.83 bits per heavy atom. The first-order valence-electron chi connectivity index (χ1n) is 5.81. The quantitative estimate of drug-likeness (QED) is 0.751. The lowest BCUT2D eigenvalue weighted by molar-refractivity contribution is 0.0698. The van der Waals surface area contributed by atoms with Crippen LogP contribution in [0.1, 0.15) is 35.4 Å². The number of thiophene rings is 1. The van der Waals surface area contributed by atoms with E-state index in [1.165, 1.54) is 24.3 Å². The van der Waals surface area contributed by atoms with Crippen molar-refractivity contribution >= 4 is 27.3 Å². The molecule has 1 aliphatic carbocycles. The monoisotopic (exact) mass is 289 g/mol. The van der Waals surface area contributed by atoms with Gasteiger partial charge in [-0.15, -0.1) is 11.3 Å². The van der Waals surface area contributed by atoms with Crippen molar-refractivity contribution in [1.82, 2.24) is 4.72 Å². The molecule has 0 spiro atoms. The van der Waals surface area contributed by atoms with Crippen molar-refractivity contribution in [3.63, 3.8) is 0 Å². The van der Waals surface area contributed by atoms with Gasteiger partial charge in [-0.3, -0.25) is 0 Å². The number of sulfonamides is 1. The van der Waals surface area contributed by atoms with Crippen LogP contribution in [0.5, 0.6) is 0 Å². The summed E-state index contributed by atoms with van der Waals surface area (Å²) < 4.78 is 26.3. The van der Waals surface area contributed by atoms with Crippen LogP contribution < -0.4 is 4.72 Å². The molecule has 1 aromatic rings. The Kier molecular flexibility index (Phi) is 4.04. The second-order valence-corrected chi connectivity index (χ2v) is 7.05. The summed E-state index contributed by atoms with van der Waals surface area (Å²) in [6.45, 7) is 0.369. The Labute approximate surface area is 110 Å². The molecule has 0 unspecified atom stereocenters. The highest BCUT2D eigenvalue weighted by atomic mass is 32.2. The van der Waals surface area contributed by atoms with E-state index >= 15 is 0 Å². The molecular weight excluding hydrogens is 274 g/mol. The second-order valence-electron chi connectivity index (χ2n) is 4.40. The van der Waals surface area contributed by atoms with Gasteiger partial charge in [0, 0.05) is 6.54 Å². The standard InChI is InChI=1S/C11H15NO4S2/c13-11(14)10-9(5-7-17-10)18(15,16)12-6-1-2-8-3-4-8/h5,7-8,12H,1-4,6H2,(H,13,14). The maximum absolute atomic E-state index is 11.9. The van der Waals surface area contributed by atoms with Gasteiger partial charge >= 0.3 is 5.97 Å². The summed E-state index contributed by atoms with van der Waals surface area (Å²) >= 11 is 0.920.